The van der Waals surface area contributed by atoms with Crippen LogP contribution in [0.3, 0.4) is 0 Å². The van der Waals surface area contributed by atoms with Crippen LogP contribution in [0.1, 0.15) is 37.8 Å². The number of hydrogen-bond donors (Lipinski definition) is 2. The van der Waals surface area contributed by atoms with Gasteiger partial charge in [0.2, 0.25) is 11.8 Å². The number of halogens is 1. The normalized spacial score (nSPS) is 12.9. The number of benzene rings is 2. The maximum atomic E-state index is 12.7. The van der Waals surface area contributed by atoms with E-state index in [0.29, 0.717) is 25.8 Å². The Kier molecular flexibility index (Phi) is 7.82. The minimum Gasteiger partial charge on any atom is -0.329 e. The first-order valence-electron chi connectivity index (χ1n) is 10.0. The van der Waals surface area contributed by atoms with Gasteiger partial charge >= 0.3 is 0 Å². The van der Waals surface area contributed by atoms with Crippen LogP contribution in [0.2, 0.25) is 0 Å². The average molecular weight is 416 g/mol. The van der Waals surface area contributed by atoms with Gasteiger partial charge in [-0.05, 0) is 48.6 Å². The van der Waals surface area contributed by atoms with Gasteiger partial charge in [-0.2, -0.15) is 0 Å². The van der Waals surface area contributed by atoms with E-state index in [-0.39, 0.29) is 24.2 Å². The molecule has 0 saturated heterocycles. The van der Waals surface area contributed by atoms with Crippen LogP contribution in [0.4, 0.5) is 11.4 Å². The first-order chi connectivity index (χ1) is 13.5. The molecule has 2 aromatic carbocycles. The molecule has 1 aliphatic heterocycles. The summed E-state index contributed by atoms with van der Waals surface area (Å²) in [5.74, 6) is 0.0540. The number of rotatable bonds is 7. The monoisotopic (exact) mass is 415 g/mol. The highest BCUT2D eigenvalue weighted by Crippen LogP contribution is 2.29. The van der Waals surface area contributed by atoms with Crippen molar-refractivity contribution < 1.29 is 9.59 Å². The van der Waals surface area contributed by atoms with Gasteiger partial charge in [-0.25, -0.2) is 0 Å². The predicted molar refractivity (Wildman–Crippen MR) is 121 cm³/mol. The molecular formula is C23H30ClN3O2. The molecule has 6 heteroatoms. The lowest BCUT2D eigenvalue weighted by atomic mass is 9.81. The van der Waals surface area contributed by atoms with Crippen LogP contribution in [0.25, 0.3) is 0 Å². The highest BCUT2D eigenvalue weighted by atomic mass is 35.5. The molecule has 0 aromatic heterocycles. The molecule has 2 amide bonds. The fourth-order valence-electron chi connectivity index (χ4n) is 3.79. The fraction of sp³-hybridized carbons (Fsp3) is 0.391. The van der Waals surface area contributed by atoms with Crippen LogP contribution in [0.15, 0.2) is 48.5 Å². The second kappa shape index (κ2) is 9.90. The summed E-state index contributed by atoms with van der Waals surface area (Å²) >= 11 is 0. The molecule has 3 rings (SSSR count). The molecule has 0 bridgehead atoms. The van der Waals surface area contributed by atoms with Crippen molar-refractivity contribution >= 4 is 35.6 Å². The third kappa shape index (κ3) is 4.80. The van der Waals surface area contributed by atoms with Crippen molar-refractivity contribution in [3.05, 3.63) is 59.7 Å². The molecule has 0 aliphatic carbocycles. The Hall–Kier alpha value is -2.37. The highest BCUT2D eigenvalue weighted by Gasteiger charge is 2.33. The topological polar surface area (TPSA) is 75.4 Å². The summed E-state index contributed by atoms with van der Waals surface area (Å²) in [5, 5.41) is 2.97. The smallest absolute Gasteiger partial charge is 0.231 e. The standard InChI is InChI=1S/C23H29N3O2.ClH/c1-3-23(4-2,16-24)22(28)25-19-11-9-17(10-12-19)15-21(27)26-14-13-18-7-5-6-8-20(18)26;/h5-12H,3-4,13-16,24H2,1-2H3,(H,25,28);1H. The van der Waals surface area contributed by atoms with Gasteiger partial charge in [-0.1, -0.05) is 44.2 Å². The molecule has 0 unspecified atom stereocenters. The summed E-state index contributed by atoms with van der Waals surface area (Å²) in [4.78, 5) is 27.2. The van der Waals surface area contributed by atoms with E-state index in [9.17, 15) is 9.59 Å². The van der Waals surface area contributed by atoms with Crippen LogP contribution in [-0.4, -0.2) is 24.9 Å². The zero-order valence-electron chi connectivity index (χ0n) is 17.1. The number of carbonyl (C=O) groups is 2. The van der Waals surface area contributed by atoms with E-state index in [1.165, 1.54) is 5.56 Å². The lowest BCUT2D eigenvalue weighted by Gasteiger charge is -2.28. The Morgan fingerprint density at radius 2 is 1.72 bits per heavy atom. The van der Waals surface area contributed by atoms with E-state index in [2.05, 4.69) is 11.4 Å². The second-order valence-electron chi connectivity index (χ2n) is 7.44. The number of para-hydroxylation sites is 1. The molecular weight excluding hydrogens is 386 g/mol. The van der Waals surface area contributed by atoms with Gasteiger partial charge < -0.3 is 16.0 Å². The van der Waals surface area contributed by atoms with Crippen LogP contribution in [-0.2, 0) is 22.4 Å². The summed E-state index contributed by atoms with van der Waals surface area (Å²) < 4.78 is 0. The van der Waals surface area contributed by atoms with Gasteiger partial charge in [0, 0.05) is 24.5 Å². The average Bonchev–Trinajstić information content (AvgIpc) is 3.15. The number of hydrogen-bond acceptors (Lipinski definition) is 3. The van der Waals surface area contributed by atoms with E-state index in [1.54, 1.807) is 0 Å². The molecule has 0 saturated carbocycles. The van der Waals surface area contributed by atoms with E-state index in [0.717, 1.165) is 29.9 Å². The maximum absolute atomic E-state index is 12.7. The largest absolute Gasteiger partial charge is 0.329 e. The van der Waals surface area contributed by atoms with Gasteiger partial charge in [-0.15, -0.1) is 12.4 Å². The number of fused-ring (bicyclic) bond motifs is 1. The minimum atomic E-state index is -0.530. The minimum absolute atomic E-state index is 0. The van der Waals surface area contributed by atoms with Crippen molar-refractivity contribution in [1.82, 2.24) is 0 Å². The molecule has 0 spiro atoms. The zero-order chi connectivity index (χ0) is 20.1. The Morgan fingerprint density at radius 3 is 2.34 bits per heavy atom. The number of carbonyl (C=O) groups excluding carboxylic acids is 2. The van der Waals surface area contributed by atoms with Gasteiger partial charge in [0.15, 0.2) is 0 Å². The van der Waals surface area contributed by atoms with E-state index < -0.39 is 5.41 Å². The second-order valence-corrected chi connectivity index (χ2v) is 7.44. The molecule has 29 heavy (non-hydrogen) atoms. The first kappa shape index (κ1) is 22.9. The van der Waals surface area contributed by atoms with Crippen LogP contribution >= 0.6 is 12.4 Å². The summed E-state index contributed by atoms with van der Waals surface area (Å²) in [6, 6.07) is 15.6. The molecule has 0 atom stereocenters. The summed E-state index contributed by atoms with van der Waals surface area (Å²) in [6.45, 7) is 5.04. The van der Waals surface area contributed by atoms with E-state index in [4.69, 9.17) is 5.73 Å². The highest BCUT2D eigenvalue weighted by molar-refractivity contribution is 5.97. The molecule has 156 valence electrons. The third-order valence-corrected chi connectivity index (χ3v) is 5.98. The van der Waals surface area contributed by atoms with Crippen LogP contribution in [0, 0.1) is 5.41 Å². The Labute approximate surface area is 179 Å². The van der Waals surface area contributed by atoms with Gasteiger partial charge in [0.25, 0.3) is 0 Å². The molecule has 1 aliphatic rings. The van der Waals surface area contributed by atoms with Crippen molar-refractivity contribution in [2.75, 3.05) is 23.3 Å². The lowest BCUT2D eigenvalue weighted by Crippen LogP contribution is -2.41. The van der Waals surface area contributed by atoms with Crippen LogP contribution in [0.5, 0.6) is 0 Å². The predicted octanol–water partition coefficient (Wildman–Crippen LogP) is 3.94. The van der Waals surface area contributed by atoms with Crippen molar-refractivity contribution in [2.45, 2.75) is 39.5 Å². The zero-order valence-corrected chi connectivity index (χ0v) is 17.9. The van der Waals surface area contributed by atoms with Gasteiger partial charge in [0.05, 0.1) is 11.8 Å². The fourth-order valence-corrected chi connectivity index (χ4v) is 3.79. The molecule has 0 radical (unpaired) electrons. The Bertz CT molecular complexity index is 839. The number of nitrogens with one attached hydrogen (secondary N) is 1. The van der Waals surface area contributed by atoms with Gasteiger partial charge in [-0.3, -0.25) is 9.59 Å². The molecule has 0 fully saturated rings. The maximum Gasteiger partial charge on any atom is 0.231 e. The van der Waals surface area contributed by atoms with E-state index in [1.807, 2.05) is 61.2 Å². The number of nitrogens with zero attached hydrogens (tertiary/aromatic N) is 1. The van der Waals surface area contributed by atoms with Gasteiger partial charge in [0.1, 0.15) is 0 Å². The van der Waals surface area contributed by atoms with Crippen molar-refractivity contribution in [1.29, 1.82) is 0 Å². The van der Waals surface area contributed by atoms with E-state index >= 15 is 0 Å². The van der Waals surface area contributed by atoms with Crippen molar-refractivity contribution in [3.63, 3.8) is 0 Å². The summed E-state index contributed by atoms with van der Waals surface area (Å²) in [7, 11) is 0. The summed E-state index contributed by atoms with van der Waals surface area (Å²) in [6.07, 6.45) is 2.66. The molecule has 5 nitrogen and oxygen atoms in total. The molecule has 3 N–H and O–H groups in total. The molecule has 2 aromatic rings. The van der Waals surface area contributed by atoms with Crippen LogP contribution < -0.4 is 16.0 Å². The Morgan fingerprint density at radius 1 is 1.07 bits per heavy atom. The summed E-state index contributed by atoms with van der Waals surface area (Å²) in [5.41, 5.74) is 9.23. The Balaban J connectivity index is 0.00000300. The molecule has 1 heterocycles. The quantitative estimate of drug-likeness (QED) is 0.719. The SMILES string of the molecule is CCC(CC)(CN)C(=O)Nc1ccc(CC(=O)N2CCc3ccccc32)cc1.Cl. The number of anilines is 2. The number of amides is 2. The first-order valence-corrected chi connectivity index (χ1v) is 10.0. The van der Waals surface area contributed by atoms with Crippen molar-refractivity contribution in [2.24, 2.45) is 11.1 Å². The third-order valence-electron chi connectivity index (χ3n) is 5.98. The van der Waals surface area contributed by atoms with Crippen molar-refractivity contribution in [3.8, 4) is 0 Å². The number of nitrogens with two attached hydrogens (primary N) is 1. The lowest BCUT2D eigenvalue weighted by molar-refractivity contribution is -0.125.